The zero-order valence-electron chi connectivity index (χ0n) is 11.7. The van der Waals surface area contributed by atoms with E-state index in [1.807, 2.05) is 19.2 Å². The summed E-state index contributed by atoms with van der Waals surface area (Å²) in [6, 6.07) is 7.78. The maximum Gasteiger partial charge on any atom is 0.146 e. The highest BCUT2D eigenvalue weighted by Gasteiger charge is 2.21. The molecule has 0 unspecified atom stereocenters. The first-order valence-corrected chi connectivity index (χ1v) is 7.69. The number of hydrogen-bond donors (Lipinski definition) is 1. The number of ether oxygens (including phenoxy) is 1. The average Bonchev–Trinajstić information content (AvgIpc) is 3.25. The summed E-state index contributed by atoms with van der Waals surface area (Å²) in [7, 11) is 0. The van der Waals surface area contributed by atoms with Gasteiger partial charge in [0, 0.05) is 41.1 Å². The molecule has 1 aliphatic carbocycles. The average molecular weight is 323 g/mol. The van der Waals surface area contributed by atoms with Crippen LogP contribution in [0.5, 0.6) is 11.5 Å². The quantitative estimate of drug-likeness (QED) is 0.863. The Kier molecular flexibility index (Phi) is 4.34. The molecule has 1 saturated carbocycles. The molecule has 0 atom stereocenters. The number of pyridine rings is 1. The summed E-state index contributed by atoms with van der Waals surface area (Å²) >= 11 is 12.1. The van der Waals surface area contributed by atoms with Gasteiger partial charge >= 0.3 is 0 Å². The molecule has 1 heterocycles. The van der Waals surface area contributed by atoms with Crippen molar-refractivity contribution in [3.8, 4) is 11.5 Å². The van der Waals surface area contributed by atoms with Crippen LogP contribution in [0, 0.1) is 6.92 Å². The second-order valence-electron chi connectivity index (χ2n) is 5.27. The molecule has 0 amide bonds. The van der Waals surface area contributed by atoms with Gasteiger partial charge in [0.25, 0.3) is 0 Å². The minimum atomic E-state index is 0.498. The van der Waals surface area contributed by atoms with Crippen LogP contribution >= 0.6 is 23.2 Å². The third-order valence-corrected chi connectivity index (χ3v) is 3.88. The summed E-state index contributed by atoms with van der Waals surface area (Å²) in [4.78, 5) is 4.34. The van der Waals surface area contributed by atoms with Crippen LogP contribution in [-0.2, 0) is 6.54 Å². The summed E-state index contributed by atoms with van der Waals surface area (Å²) in [5.74, 6) is 1.37. The first-order chi connectivity index (χ1) is 10.1. The third kappa shape index (κ3) is 3.88. The lowest BCUT2D eigenvalue weighted by Crippen LogP contribution is -2.16. The number of hydrogen-bond acceptors (Lipinski definition) is 3. The van der Waals surface area contributed by atoms with Crippen LogP contribution < -0.4 is 10.1 Å². The molecule has 0 bridgehead atoms. The van der Waals surface area contributed by atoms with Crippen LogP contribution in [0.15, 0.2) is 30.5 Å². The molecule has 0 radical (unpaired) electrons. The van der Waals surface area contributed by atoms with Gasteiger partial charge in [0.1, 0.15) is 11.5 Å². The van der Waals surface area contributed by atoms with Crippen molar-refractivity contribution >= 4 is 23.2 Å². The summed E-state index contributed by atoms with van der Waals surface area (Å²) in [6.07, 6.45) is 4.35. The molecule has 1 aliphatic rings. The largest absolute Gasteiger partial charge is 0.455 e. The maximum atomic E-state index is 6.17. The molecule has 1 N–H and O–H groups in total. The van der Waals surface area contributed by atoms with Crippen molar-refractivity contribution in [2.45, 2.75) is 32.4 Å². The number of aromatic nitrogens is 1. The van der Waals surface area contributed by atoms with E-state index in [1.165, 1.54) is 12.8 Å². The number of nitrogens with one attached hydrogen (secondary N) is 1. The van der Waals surface area contributed by atoms with E-state index in [0.29, 0.717) is 21.8 Å². The Bertz CT molecular complexity index is 657. The van der Waals surface area contributed by atoms with Gasteiger partial charge in [-0.1, -0.05) is 23.2 Å². The lowest BCUT2D eigenvalue weighted by atomic mass is 10.2. The van der Waals surface area contributed by atoms with Crippen molar-refractivity contribution < 1.29 is 4.74 Å². The molecule has 2 aromatic rings. The monoisotopic (exact) mass is 322 g/mol. The van der Waals surface area contributed by atoms with Crippen molar-refractivity contribution in [2.24, 2.45) is 0 Å². The number of nitrogens with zero attached hydrogens (tertiary/aromatic N) is 1. The van der Waals surface area contributed by atoms with Crippen molar-refractivity contribution in [1.82, 2.24) is 10.3 Å². The molecule has 1 aromatic heterocycles. The number of halogens is 2. The van der Waals surface area contributed by atoms with Crippen molar-refractivity contribution in [2.75, 3.05) is 0 Å². The number of benzene rings is 1. The van der Waals surface area contributed by atoms with E-state index in [-0.39, 0.29) is 0 Å². The molecular formula is C16H16Cl2N2O. The van der Waals surface area contributed by atoms with Crippen molar-refractivity contribution in [1.29, 1.82) is 0 Å². The highest BCUT2D eigenvalue weighted by atomic mass is 35.5. The third-order valence-electron chi connectivity index (χ3n) is 3.35. The van der Waals surface area contributed by atoms with E-state index in [1.54, 1.807) is 18.2 Å². The van der Waals surface area contributed by atoms with Gasteiger partial charge in [-0.3, -0.25) is 4.98 Å². The van der Waals surface area contributed by atoms with Gasteiger partial charge in [-0.25, -0.2) is 0 Å². The first-order valence-electron chi connectivity index (χ1n) is 6.93. The Balaban J connectivity index is 1.83. The Morgan fingerprint density at radius 2 is 2.05 bits per heavy atom. The van der Waals surface area contributed by atoms with Crippen LogP contribution in [0.3, 0.4) is 0 Å². The second-order valence-corrected chi connectivity index (χ2v) is 6.11. The van der Waals surface area contributed by atoms with Gasteiger partial charge in [0.15, 0.2) is 0 Å². The molecule has 1 aromatic carbocycles. The minimum Gasteiger partial charge on any atom is -0.455 e. The fraction of sp³-hybridized carbons (Fsp3) is 0.312. The van der Waals surface area contributed by atoms with E-state index < -0.39 is 0 Å². The fourth-order valence-corrected chi connectivity index (χ4v) is 2.46. The van der Waals surface area contributed by atoms with Crippen LogP contribution in [-0.4, -0.2) is 11.0 Å². The molecule has 0 aliphatic heterocycles. The maximum absolute atomic E-state index is 6.17. The minimum absolute atomic E-state index is 0.498. The Hall–Kier alpha value is -1.29. The molecule has 0 saturated heterocycles. The normalized spacial score (nSPS) is 14.2. The van der Waals surface area contributed by atoms with E-state index in [4.69, 9.17) is 27.9 Å². The van der Waals surface area contributed by atoms with Gasteiger partial charge in [0.2, 0.25) is 0 Å². The Morgan fingerprint density at radius 3 is 2.76 bits per heavy atom. The van der Waals surface area contributed by atoms with Gasteiger partial charge in [-0.15, -0.1) is 0 Å². The molecule has 5 heteroatoms. The van der Waals surface area contributed by atoms with Crippen molar-refractivity contribution in [3.05, 3.63) is 51.8 Å². The molecule has 3 rings (SSSR count). The fourth-order valence-electron chi connectivity index (χ4n) is 2.01. The zero-order valence-corrected chi connectivity index (χ0v) is 13.2. The lowest BCUT2D eigenvalue weighted by molar-refractivity contribution is 0.471. The van der Waals surface area contributed by atoms with E-state index in [9.17, 15) is 0 Å². The van der Waals surface area contributed by atoms with Gasteiger partial charge < -0.3 is 10.1 Å². The zero-order chi connectivity index (χ0) is 14.8. The molecule has 21 heavy (non-hydrogen) atoms. The van der Waals surface area contributed by atoms with Crippen LogP contribution in [0.4, 0.5) is 0 Å². The van der Waals surface area contributed by atoms with Crippen LogP contribution in [0.25, 0.3) is 0 Å². The molecule has 110 valence electrons. The molecule has 3 nitrogen and oxygen atoms in total. The van der Waals surface area contributed by atoms with E-state index in [0.717, 1.165) is 23.6 Å². The summed E-state index contributed by atoms with van der Waals surface area (Å²) in [6.45, 7) is 2.69. The van der Waals surface area contributed by atoms with E-state index in [2.05, 4.69) is 10.3 Å². The standard InChI is InChI=1S/C16H16Cl2N2O/c1-10-6-16(11(8-19-10)9-20-13-3-4-13)21-15-5-2-12(17)7-14(15)18/h2,5-8,13,20H,3-4,9H2,1H3. The molecular weight excluding hydrogens is 307 g/mol. The smallest absolute Gasteiger partial charge is 0.146 e. The highest BCUT2D eigenvalue weighted by molar-refractivity contribution is 6.35. The summed E-state index contributed by atoms with van der Waals surface area (Å²) < 4.78 is 5.96. The Labute approximate surface area is 134 Å². The summed E-state index contributed by atoms with van der Waals surface area (Å²) in [5.41, 5.74) is 1.93. The Morgan fingerprint density at radius 1 is 1.24 bits per heavy atom. The number of rotatable bonds is 5. The molecule has 1 fully saturated rings. The van der Waals surface area contributed by atoms with Crippen LogP contribution in [0.1, 0.15) is 24.1 Å². The van der Waals surface area contributed by atoms with E-state index >= 15 is 0 Å². The highest BCUT2D eigenvalue weighted by Crippen LogP contribution is 2.33. The predicted molar refractivity (Wildman–Crippen MR) is 85.4 cm³/mol. The van der Waals surface area contributed by atoms with Crippen molar-refractivity contribution in [3.63, 3.8) is 0 Å². The lowest BCUT2D eigenvalue weighted by Gasteiger charge is -2.13. The molecule has 0 spiro atoms. The topological polar surface area (TPSA) is 34.1 Å². The van der Waals surface area contributed by atoms with Gasteiger partial charge in [-0.2, -0.15) is 0 Å². The predicted octanol–water partition coefficient (Wildman–Crippen LogP) is 4.74. The van der Waals surface area contributed by atoms with Gasteiger partial charge in [-0.05, 0) is 38.0 Å². The second kappa shape index (κ2) is 6.22. The van der Waals surface area contributed by atoms with Crippen LogP contribution in [0.2, 0.25) is 10.0 Å². The number of aryl methyl sites for hydroxylation is 1. The SMILES string of the molecule is Cc1cc(Oc2ccc(Cl)cc2Cl)c(CNC2CC2)cn1. The summed E-state index contributed by atoms with van der Waals surface area (Å²) in [5, 5.41) is 4.56. The first kappa shape index (κ1) is 14.6. The van der Waals surface area contributed by atoms with Gasteiger partial charge in [0.05, 0.1) is 5.02 Å².